The molecule has 0 saturated carbocycles. The van der Waals surface area contributed by atoms with E-state index in [0.29, 0.717) is 36.8 Å². The Morgan fingerprint density at radius 2 is 1.77 bits per heavy atom. The van der Waals surface area contributed by atoms with Crippen LogP contribution in [0.1, 0.15) is 39.9 Å². The van der Waals surface area contributed by atoms with Crippen LogP contribution in [0.2, 0.25) is 0 Å². The van der Waals surface area contributed by atoms with Crippen molar-refractivity contribution in [1.29, 1.82) is 0 Å². The Bertz CT molecular complexity index is 1780. The largest absolute Gasteiger partial charge is 0.468 e. The predicted octanol–water partition coefficient (Wildman–Crippen LogP) is 5.40. The first-order valence-corrected chi connectivity index (χ1v) is 13.0. The second kappa shape index (κ2) is 11.1. The number of aromatic nitrogens is 5. The average molecular weight is 535 g/mol. The fourth-order valence-electron chi connectivity index (χ4n) is 4.98. The van der Waals surface area contributed by atoms with Crippen molar-refractivity contribution >= 4 is 10.9 Å². The molecule has 3 aromatic heterocycles. The van der Waals surface area contributed by atoms with Crippen molar-refractivity contribution in [3.05, 3.63) is 147 Å². The van der Waals surface area contributed by atoms with Crippen LogP contribution in [0.3, 0.4) is 0 Å². The summed E-state index contributed by atoms with van der Waals surface area (Å²) in [6, 6.07) is 27.1. The van der Waals surface area contributed by atoms with E-state index in [1.807, 2.05) is 73.7 Å². The summed E-state index contributed by atoms with van der Waals surface area (Å²) in [5.41, 5.74) is 3.96. The van der Waals surface area contributed by atoms with Gasteiger partial charge in [0.25, 0.3) is 5.56 Å². The molecule has 0 aliphatic rings. The Labute approximate surface area is 229 Å². The van der Waals surface area contributed by atoms with Crippen molar-refractivity contribution in [2.75, 3.05) is 0 Å². The van der Waals surface area contributed by atoms with Crippen molar-refractivity contribution in [3.8, 4) is 0 Å². The SMILES string of the molecule is Cc1ccc2cc([C@H](c3nnnn3Cc3ccccc3)N(Cc3ccc(F)cc3)Cc3ccco3)c(=O)[nH]c2c1. The van der Waals surface area contributed by atoms with Gasteiger partial charge in [-0.05, 0) is 75.8 Å². The molecule has 1 N–H and O–H groups in total. The van der Waals surface area contributed by atoms with E-state index in [9.17, 15) is 9.18 Å². The van der Waals surface area contributed by atoms with Crippen LogP contribution in [0, 0.1) is 12.7 Å². The molecule has 0 spiro atoms. The molecule has 0 radical (unpaired) electrons. The lowest BCUT2D eigenvalue weighted by molar-refractivity contribution is 0.179. The molecule has 3 heterocycles. The van der Waals surface area contributed by atoms with Crippen LogP contribution in [0.5, 0.6) is 0 Å². The van der Waals surface area contributed by atoms with Gasteiger partial charge in [0.15, 0.2) is 5.82 Å². The van der Waals surface area contributed by atoms with Crippen molar-refractivity contribution in [2.45, 2.75) is 32.6 Å². The normalized spacial score (nSPS) is 12.3. The molecular formula is C31H27FN6O2. The number of hydrogen-bond acceptors (Lipinski definition) is 6. The molecule has 0 unspecified atom stereocenters. The second-order valence-corrected chi connectivity index (χ2v) is 9.84. The van der Waals surface area contributed by atoms with Crippen molar-refractivity contribution in [3.63, 3.8) is 0 Å². The van der Waals surface area contributed by atoms with Crippen LogP contribution in [0.15, 0.2) is 106 Å². The lowest BCUT2D eigenvalue weighted by Gasteiger charge is -2.30. The predicted molar refractivity (Wildman–Crippen MR) is 149 cm³/mol. The van der Waals surface area contributed by atoms with Crippen molar-refractivity contribution < 1.29 is 8.81 Å². The van der Waals surface area contributed by atoms with Gasteiger partial charge in [0, 0.05) is 17.6 Å². The van der Waals surface area contributed by atoms with Gasteiger partial charge in [0.2, 0.25) is 0 Å². The highest BCUT2D eigenvalue weighted by Gasteiger charge is 2.31. The van der Waals surface area contributed by atoms with Gasteiger partial charge < -0.3 is 9.40 Å². The van der Waals surface area contributed by atoms with Gasteiger partial charge in [-0.2, -0.15) is 0 Å². The van der Waals surface area contributed by atoms with Crippen molar-refractivity contribution in [1.82, 2.24) is 30.1 Å². The fourth-order valence-corrected chi connectivity index (χ4v) is 4.98. The minimum Gasteiger partial charge on any atom is -0.468 e. The highest BCUT2D eigenvalue weighted by atomic mass is 19.1. The molecule has 0 aliphatic carbocycles. The number of aryl methyl sites for hydroxylation is 1. The fraction of sp³-hybridized carbons (Fsp3) is 0.161. The number of halogens is 1. The summed E-state index contributed by atoms with van der Waals surface area (Å²) in [6.45, 7) is 3.16. The zero-order chi connectivity index (χ0) is 27.5. The quantitative estimate of drug-likeness (QED) is 0.267. The van der Waals surface area contributed by atoms with Gasteiger partial charge in [-0.15, -0.1) is 5.10 Å². The van der Waals surface area contributed by atoms with Crippen LogP contribution < -0.4 is 5.56 Å². The summed E-state index contributed by atoms with van der Waals surface area (Å²) in [7, 11) is 0. The van der Waals surface area contributed by atoms with Gasteiger partial charge in [-0.25, -0.2) is 9.07 Å². The third-order valence-electron chi connectivity index (χ3n) is 6.91. The number of pyridine rings is 1. The third-order valence-corrected chi connectivity index (χ3v) is 6.91. The summed E-state index contributed by atoms with van der Waals surface area (Å²) < 4.78 is 21.2. The number of tetrazole rings is 1. The van der Waals surface area contributed by atoms with Crippen LogP contribution in [0.25, 0.3) is 10.9 Å². The summed E-state index contributed by atoms with van der Waals surface area (Å²) in [4.78, 5) is 18.9. The number of benzene rings is 3. The smallest absolute Gasteiger partial charge is 0.253 e. The molecule has 9 heteroatoms. The summed E-state index contributed by atoms with van der Waals surface area (Å²) in [5, 5.41) is 13.7. The maximum absolute atomic E-state index is 13.8. The van der Waals surface area contributed by atoms with Crippen molar-refractivity contribution in [2.24, 2.45) is 0 Å². The van der Waals surface area contributed by atoms with E-state index in [4.69, 9.17) is 4.42 Å². The first-order chi connectivity index (χ1) is 19.5. The number of nitrogens with one attached hydrogen (secondary N) is 1. The Kier molecular flexibility index (Phi) is 7.03. The molecular weight excluding hydrogens is 507 g/mol. The van der Waals surface area contributed by atoms with Crippen LogP contribution in [-0.2, 0) is 19.6 Å². The lowest BCUT2D eigenvalue weighted by Crippen LogP contribution is -2.34. The van der Waals surface area contributed by atoms with E-state index in [1.54, 1.807) is 23.1 Å². The highest BCUT2D eigenvalue weighted by Crippen LogP contribution is 2.30. The zero-order valence-electron chi connectivity index (χ0n) is 21.9. The van der Waals surface area contributed by atoms with E-state index < -0.39 is 6.04 Å². The standard InChI is InChI=1S/C31H27FN6O2/c1-21-9-12-24-17-27(31(39)33-28(24)16-21)29(30-34-35-36-38(30)19-22-6-3-2-4-7-22)37(20-26-8-5-15-40-26)18-23-10-13-25(32)14-11-23/h2-17,29H,18-20H2,1H3,(H,33,39)/t29-/m1/s1. The van der Waals surface area contributed by atoms with Crippen LogP contribution in [0.4, 0.5) is 4.39 Å². The second-order valence-electron chi connectivity index (χ2n) is 9.84. The minimum atomic E-state index is -0.650. The van der Waals surface area contributed by atoms with Gasteiger partial charge in [0.1, 0.15) is 17.6 Å². The summed E-state index contributed by atoms with van der Waals surface area (Å²) in [6.07, 6.45) is 1.62. The Morgan fingerprint density at radius 3 is 2.55 bits per heavy atom. The highest BCUT2D eigenvalue weighted by molar-refractivity contribution is 5.79. The molecule has 1 atom stereocenters. The number of hydrogen-bond donors (Lipinski definition) is 1. The Balaban J connectivity index is 1.52. The van der Waals surface area contributed by atoms with Crippen LogP contribution >= 0.6 is 0 Å². The van der Waals surface area contributed by atoms with Gasteiger partial charge in [-0.1, -0.05) is 54.6 Å². The van der Waals surface area contributed by atoms with E-state index in [-0.39, 0.29) is 11.4 Å². The van der Waals surface area contributed by atoms with Gasteiger partial charge in [0.05, 0.1) is 19.4 Å². The lowest BCUT2D eigenvalue weighted by atomic mass is 10.0. The van der Waals surface area contributed by atoms with Crippen LogP contribution in [-0.4, -0.2) is 30.1 Å². The number of aromatic amines is 1. The molecule has 8 nitrogen and oxygen atoms in total. The number of H-pyrrole nitrogens is 1. The van der Waals surface area contributed by atoms with Gasteiger partial charge in [-0.3, -0.25) is 9.69 Å². The minimum absolute atomic E-state index is 0.235. The topological polar surface area (TPSA) is 92.8 Å². The number of nitrogens with zero attached hydrogens (tertiary/aromatic N) is 5. The zero-order valence-corrected chi connectivity index (χ0v) is 21.9. The van der Waals surface area contributed by atoms with E-state index in [2.05, 4.69) is 25.4 Å². The number of rotatable bonds is 9. The summed E-state index contributed by atoms with van der Waals surface area (Å²) >= 11 is 0. The Morgan fingerprint density at radius 1 is 0.950 bits per heavy atom. The maximum Gasteiger partial charge on any atom is 0.253 e. The molecule has 200 valence electrons. The molecule has 0 saturated heterocycles. The third kappa shape index (κ3) is 5.45. The molecule has 3 aromatic carbocycles. The number of furan rings is 1. The maximum atomic E-state index is 13.8. The molecule has 6 rings (SSSR count). The number of fused-ring (bicyclic) bond motifs is 1. The molecule has 0 fully saturated rings. The first-order valence-electron chi connectivity index (χ1n) is 13.0. The molecule has 40 heavy (non-hydrogen) atoms. The summed E-state index contributed by atoms with van der Waals surface area (Å²) in [5.74, 6) is 0.905. The molecule has 0 aliphatic heterocycles. The molecule has 0 amide bonds. The van der Waals surface area contributed by atoms with E-state index in [0.717, 1.165) is 27.6 Å². The van der Waals surface area contributed by atoms with E-state index in [1.165, 1.54) is 12.1 Å². The monoisotopic (exact) mass is 534 g/mol. The Hall–Kier alpha value is -4.89. The average Bonchev–Trinajstić information content (AvgIpc) is 3.63. The van der Waals surface area contributed by atoms with E-state index >= 15 is 0 Å². The molecule has 6 aromatic rings. The van der Waals surface area contributed by atoms with Gasteiger partial charge >= 0.3 is 0 Å². The molecule has 0 bridgehead atoms. The first kappa shape index (κ1) is 25.4.